The summed E-state index contributed by atoms with van der Waals surface area (Å²) in [6, 6.07) is 0. The lowest BCUT2D eigenvalue weighted by molar-refractivity contribution is -0.122. The summed E-state index contributed by atoms with van der Waals surface area (Å²) in [6.45, 7) is 10.7. The van der Waals surface area contributed by atoms with Crippen LogP contribution in [0.2, 0.25) is 0 Å². The van der Waals surface area contributed by atoms with Gasteiger partial charge in [0.05, 0.1) is 5.60 Å². The van der Waals surface area contributed by atoms with Gasteiger partial charge in [0.25, 0.3) is 0 Å². The van der Waals surface area contributed by atoms with Gasteiger partial charge in [0.15, 0.2) is 10.8 Å². The molecule has 0 saturated carbocycles. The second-order valence-corrected chi connectivity index (χ2v) is 8.28. The second-order valence-electron chi connectivity index (χ2n) is 5.15. The lowest BCUT2D eigenvalue weighted by atomic mass is 10.2. The van der Waals surface area contributed by atoms with E-state index in [1.165, 1.54) is 13.8 Å². The number of carbonyl (C=O) groups excluding carboxylic acids is 2. The van der Waals surface area contributed by atoms with Gasteiger partial charge < -0.3 is 8.85 Å². The molecule has 0 aromatic carbocycles. The van der Waals surface area contributed by atoms with E-state index in [0.717, 1.165) is 12.8 Å². The molecule has 0 amide bonds. The predicted molar refractivity (Wildman–Crippen MR) is 68.8 cm³/mol. The predicted octanol–water partition coefficient (Wildman–Crippen LogP) is 2.32. The zero-order valence-corrected chi connectivity index (χ0v) is 12.8. The van der Waals surface area contributed by atoms with Gasteiger partial charge in [-0.1, -0.05) is 13.3 Å². The molecular formula is C12H24O4Si. The fourth-order valence-electron chi connectivity index (χ4n) is 1.42. The summed E-state index contributed by atoms with van der Waals surface area (Å²) in [7, 11) is -3.40. The van der Waals surface area contributed by atoms with Crippen LogP contribution in [-0.2, 0) is 18.4 Å². The van der Waals surface area contributed by atoms with Gasteiger partial charge in [-0.3, -0.25) is 9.59 Å². The molecule has 0 aliphatic rings. The highest BCUT2D eigenvalue weighted by Crippen LogP contribution is 2.20. The van der Waals surface area contributed by atoms with Crippen LogP contribution in [0.15, 0.2) is 0 Å². The van der Waals surface area contributed by atoms with Crippen molar-refractivity contribution < 1.29 is 18.4 Å². The van der Waals surface area contributed by atoms with E-state index >= 15 is 0 Å². The summed E-state index contributed by atoms with van der Waals surface area (Å²) in [5.41, 5.74) is -0.560. The zero-order chi connectivity index (χ0) is 13.7. The Hall–Kier alpha value is -0.523. The summed E-state index contributed by atoms with van der Waals surface area (Å²) < 4.78 is 11.3. The first-order chi connectivity index (χ1) is 7.65. The molecule has 0 aromatic heterocycles. The maximum atomic E-state index is 11.8. The monoisotopic (exact) mass is 260 g/mol. The smallest absolute Gasteiger partial charge is 0.384 e. The van der Waals surface area contributed by atoms with Crippen molar-refractivity contribution in [2.45, 2.75) is 60.0 Å². The average Bonchev–Trinajstić information content (AvgIpc) is 2.13. The van der Waals surface area contributed by atoms with Crippen molar-refractivity contribution in [3.05, 3.63) is 0 Å². The summed E-state index contributed by atoms with van der Waals surface area (Å²) >= 11 is 0. The molecule has 0 aliphatic heterocycles. The highest BCUT2D eigenvalue weighted by molar-refractivity contribution is 7.17. The quantitative estimate of drug-likeness (QED) is 0.521. The molecule has 0 unspecified atom stereocenters. The third kappa shape index (κ3) is 5.10. The van der Waals surface area contributed by atoms with Crippen molar-refractivity contribution in [3.63, 3.8) is 0 Å². The molecule has 100 valence electrons. The first-order valence-electron chi connectivity index (χ1n) is 6.02. The van der Waals surface area contributed by atoms with Crippen LogP contribution < -0.4 is 0 Å². The Morgan fingerprint density at radius 3 is 1.88 bits per heavy atom. The van der Waals surface area contributed by atoms with Gasteiger partial charge in [0.2, 0.25) is 0 Å². The molecule has 0 saturated heterocycles. The first kappa shape index (κ1) is 16.5. The van der Waals surface area contributed by atoms with Crippen LogP contribution in [0.4, 0.5) is 0 Å². The molecule has 17 heavy (non-hydrogen) atoms. The van der Waals surface area contributed by atoms with Crippen LogP contribution in [0, 0.1) is 0 Å². The van der Waals surface area contributed by atoms with Gasteiger partial charge in [-0.25, -0.2) is 0 Å². The Bertz CT molecular complexity index is 267. The van der Waals surface area contributed by atoms with Crippen molar-refractivity contribution in [3.8, 4) is 0 Å². The van der Waals surface area contributed by atoms with Crippen molar-refractivity contribution in [1.82, 2.24) is 0 Å². The van der Waals surface area contributed by atoms with Crippen molar-refractivity contribution >= 4 is 19.4 Å². The Balaban J connectivity index is 5.01. The summed E-state index contributed by atoms with van der Waals surface area (Å²) in [6.07, 6.45) is 1.78. The van der Waals surface area contributed by atoms with Gasteiger partial charge in [0.1, 0.15) is 0 Å². The zero-order valence-electron chi connectivity index (χ0n) is 11.8. The minimum absolute atomic E-state index is 0.268. The average molecular weight is 260 g/mol. The topological polar surface area (TPSA) is 52.6 Å². The van der Waals surface area contributed by atoms with Crippen LogP contribution in [0.5, 0.6) is 0 Å². The van der Waals surface area contributed by atoms with Crippen molar-refractivity contribution in [1.29, 1.82) is 0 Å². The first-order valence-corrected chi connectivity index (χ1v) is 7.83. The summed E-state index contributed by atoms with van der Waals surface area (Å²) in [5.74, 6) is 0. The maximum absolute atomic E-state index is 11.8. The Kier molecular flexibility index (Phi) is 6.22. The molecule has 0 rings (SSSR count). The van der Waals surface area contributed by atoms with E-state index in [4.69, 9.17) is 8.85 Å². The van der Waals surface area contributed by atoms with Gasteiger partial charge in [-0.05, 0) is 41.0 Å². The van der Waals surface area contributed by atoms with Crippen LogP contribution >= 0.6 is 0 Å². The van der Waals surface area contributed by atoms with E-state index in [0.29, 0.717) is 6.61 Å². The van der Waals surface area contributed by atoms with Gasteiger partial charge in [-0.2, -0.15) is 0 Å². The third-order valence-electron chi connectivity index (χ3n) is 2.18. The molecule has 4 nitrogen and oxygen atoms in total. The van der Waals surface area contributed by atoms with Crippen molar-refractivity contribution in [2.24, 2.45) is 0 Å². The Morgan fingerprint density at radius 1 is 1.12 bits per heavy atom. The van der Waals surface area contributed by atoms with Gasteiger partial charge in [0, 0.05) is 6.61 Å². The number of hydrogen-bond donors (Lipinski definition) is 0. The van der Waals surface area contributed by atoms with Crippen LogP contribution in [0.3, 0.4) is 0 Å². The molecule has 0 bridgehead atoms. The normalized spacial score (nSPS) is 12.6. The fraction of sp³-hybridized carbons (Fsp3) is 0.833. The molecule has 0 aromatic rings. The maximum Gasteiger partial charge on any atom is 0.480 e. The Morgan fingerprint density at radius 2 is 1.59 bits per heavy atom. The molecular weight excluding hydrogens is 236 g/mol. The van der Waals surface area contributed by atoms with Crippen LogP contribution in [0.1, 0.15) is 54.4 Å². The lowest BCUT2D eigenvalue weighted by Crippen LogP contribution is -2.59. The summed E-state index contributed by atoms with van der Waals surface area (Å²) in [4.78, 5) is 23.5. The molecule has 0 spiro atoms. The Labute approximate surface area is 105 Å². The molecule has 0 atom stereocenters. The van der Waals surface area contributed by atoms with E-state index < -0.39 is 14.2 Å². The van der Waals surface area contributed by atoms with Crippen LogP contribution in [-0.4, -0.2) is 31.6 Å². The van der Waals surface area contributed by atoms with Gasteiger partial charge >= 0.3 is 8.56 Å². The fourth-order valence-corrected chi connectivity index (χ4v) is 3.96. The minimum atomic E-state index is -3.40. The highest BCUT2D eigenvalue weighted by Gasteiger charge is 2.52. The number of carbonyl (C=O) groups is 2. The summed E-state index contributed by atoms with van der Waals surface area (Å²) in [5, 5.41) is -0.535. The van der Waals surface area contributed by atoms with Crippen molar-refractivity contribution in [2.75, 3.05) is 6.61 Å². The van der Waals surface area contributed by atoms with E-state index in [9.17, 15) is 9.59 Å². The SMILES string of the molecule is CCCCO[Si](OC(C)(C)C)(C(C)=O)C(C)=O. The third-order valence-corrected chi connectivity index (χ3v) is 5.54. The van der Waals surface area contributed by atoms with E-state index in [2.05, 4.69) is 0 Å². The molecule has 0 aliphatic carbocycles. The van der Waals surface area contributed by atoms with E-state index in [-0.39, 0.29) is 10.8 Å². The standard InChI is InChI=1S/C12H24O4Si/c1-7-8-9-15-17(10(2)13,11(3)14)16-12(4,5)6/h7-9H2,1-6H3. The second kappa shape index (κ2) is 6.42. The van der Waals surface area contributed by atoms with E-state index in [1.807, 2.05) is 27.7 Å². The highest BCUT2D eigenvalue weighted by atomic mass is 28.4. The van der Waals surface area contributed by atoms with Crippen LogP contribution in [0.25, 0.3) is 0 Å². The number of unbranched alkanes of at least 4 members (excludes halogenated alkanes) is 1. The molecule has 5 heteroatoms. The molecule has 0 heterocycles. The molecule has 0 N–H and O–H groups in total. The minimum Gasteiger partial charge on any atom is -0.384 e. The molecule has 0 fully saturated rings. The largest absolute Gasteiger partial charge is 0.480 e. The lowest BCUT2D eigenvalue weighted by Gasteiger charge is -2.33. The molecule has 0 radical (unpaired) electrons. The van der Waals surface area contributed by atoms with E-state index in [1.54, 1.807) is 0 Å². The number of hydrogen-bond acceptors (Lipinski definition) is 4. The van der Waals surface area contributed by atoms with Gasteiger partial charge in [-0.15, -0.1) is 0 Å². The number of rotatable bonds is 7.